The lowest BCUT2D eigenvalue weighted by Crippen LogP contribution is -2.12. The summed E-state index contributed by atoms with van der Waals surface area (Å²) in [6, 6.07) is 9.49. The van der Waals surface area contributed by atoms with Crippen molar-refractivity contribution in [2.45, 2.75) is 0 Å². The average Bonchev–Trinajstić information content (AvgIpc) is 2.37. The van der Waals surface area contributed by atoms with Gasteiger partial charge in [-0.25, -0.2) is 4.39 Å². The molecule has 2 aromatic carbocycles. The fraction of sp³-hybridized carbons (Fsp3) is 0. The first kappa shape index (κ1) is 14.1. The molecule has 7 heteroatoms. The SMILES string of the molecule is O=C(Nc1cc(F)cc([N+](=O)[O-])c1)c1cccc(Br)c1. The van der Waals surface area contributed by atoms with Crippen LogP contribution >= 0.6 is 15.9 Å². The van der Waals surface area contributed by atoms with E-state index < -0.39 is 22.3 Å². The molecule has 0 saturated heterocycles. The van der Waals surface area contributed by atoms with Crippen LogP contribution in [0.1, 0.15) is 10.4 Å². The van der Waals surface area contributed by atoms with Crippen LogP contribution in [0, 0.1) is 15.9 Å². The van der Waals surface area contributed by atoms with Gasteiger partial charge in [-0.15, -0.1) is 0 Å². The highest BCUT2D eigenvalue weighted by Crippen LogP contribution is 2.21. The minimum absolute atomic E-state index is 0.0293. The third-order valence-electron chi connectivity index (χ3n) is 2.44. The summed E-state index contributed by atoms with van der Waals surface area (Å²) < 4.78 is 14.0. The molecule has 1 N–H and O–H groups in total. The first-order chi connectivity index (χ1) is 9.45. The summed E-state index contributed by atoms with van der Waals surface area (Å²) in [7, 11) is 0. The normalized spacial score (nSPS) is 10.1. The van der Waals surface area contributed by atoms with Crippen LogP contribution in [0.25, 0.3) is 0 Å². The van der Waals surface area contributed by atoms with E-state index in [1.165, 1.54) is 0 Å². The molecular formula is C13H8BrFN2O3. The van der Waals surface area contributed by atoms with Crippen LogP contribution in [0.5, 0.6) is 0 Å². The van der Waals surface area contributed by atoms with Gasteiger partial charge < -0.3 is 5.32 Å². The molecule has 0 aromatic heterocycles. The Hall–Kier alpha value is -2.28. The van der Waals surface area contributed by atoms with Gasteiger partial charge in [0.2, 0.25) is 0 Å². The van der Waals surface area contributed by atoms with E-state index in [-0.39, 0.29) is 5.69 Å². The molecule has 0 fully saturated rings. The third kappa shape index (κ3) is 3.39. The lowest BCUT2D eigenvalue weighted by Gasteiger charge is -2.06. The molecule has 0 unspecified atom stereocenters. The molecule has 0 aliphatic rings. The molecule has 20 heavy (non-hydrogen) atoms. The highest BCUT2D eigenvalue weighted by Gasteiger charge is 2.12. The number of nitro benzene ring substituents is 1. The van der Waals surface area contributed by atoms with Gasteiger partial charge in [-0.1, -0.05) is 22.0 Å². The van der Waals surface area contributed by atoms with E-state index >= 15 is 0 Å². The third-order valence-corrected chi connectivity index (χ3v) is 2.93. The molecule has 0 aliphatic carbocycles. The van der Waals surface area contributed by atoms with Crippen LogP contribution < -0.4 is 5.32 Å². The number of non-ortho nitro benzene ring substituents is 1. The zero-order valence-corrected chi connectivity index (χ0v) is 11.6. The van der Waals surface area contributed by atoms with Crippen LogP contribution in [-0.4, -0.2) is 10.8 Å². The number of hydrogen-bond donors (Lipinski definition) is 1. The predicted molar refractivity (Wildman–Crippen MR) is 75.1 cm³/mol. The minimum atomic E-state index is -0.788. The van der Waals surface area contributed by atoms with Gasteiger partial charge in [0.25, 0.3) is 11.6 Å². The molecule has 1 amide bonds. The maximum Gasteiger partial charge on any atom is 0.274 e. The number of nitrogens with one attached hydrogen (secondary N) is 1. The van der Waals surface area contributed by atoms with Gasteiger partial charge in [-0.2, -0.15) is 0 Å². The van der Waals surface area contributed by atoms with Crippen molar-refractivity contribution < 1.29 is 14.1 Å². The number of benzene rings is 2. The lowest BCUT2D eigenvalue weighted by molar-refractivity contribution is -0.385. The summed E-state index contributed by atoms with van der Waals surface area (Å²) in [6.07, 6.45) is 0. The fourth-order valence-corrected chi connectivity index (χ4v) is 1.98. The largest absolute Gasteiger partial charge is 0.322 e. The molecule has 102 valence electrons. The van der Waals surface area contributed by atoms with Gasteiger partial charge >= 0.3 is 0 Å². The van der Waals surface area contributed by atoms with Gasteiger partial charge in [-0.05, 0) is 24.3 Å². The van der Waals surface area contributed by atoms with E-state index in [0.29, 0.717) is 5.56 Å². The first-order valence-corrected chi connectivity index (χ1v) is 6.27. The van der Waals surface area contributed by atoms with Crippen LogP contribution in [0.2, 0.25) is 0 Å². The summed E-state index contributed by atoms with van der Waals surface area (Å²) in [5.74, 6) is -1.27. The van der Waals surface area contributed by atoms with Crippen LogP contribution in [0.15, 0.2) is 46.9 Å². The number of halogens is 2. The smallest absolute Gasteiger partial charge is 0.274 e. The van der Waals surface area contributed by atoms with Gasteiger partial charge in [0.15, 0.2) is 0 Å². The van der Waals surface area contributed by atoms with Crippen molar-refractivity contribution in [3.05, 3.63) is 68.4 Å². The Balaban J connectivity index is 2.26. The van der Waals surface area contributed by atoms with Crippen molar-refractivity contribution in [3.63, 3.8) is 0 Å². The maximum atomic E-state index is 13.2. The number of rotatable bonds is 3. The number of amides is 1. The zero-order chi connectivity index (χ0) is 14.7. The Labute approximate surface area is 121 Å². The average molecular weight is 339 g/mol. The van der Waals surface area contributed by atoms with Crippen LogP contribution in [-0.2, 0) is 0 Å². The standard InChI is InChI=1S/C13H8BrFN2O3/c14-9-3-1-2-8(4-9)13(18)16-11-5-10(15)6-12(7-11)17(19)20/h1-7H,(H,16,18). The molecule has 2 aromatic rings. The Morgan fingerprint density at radius 3 is 2.65 bits per heavy atom. The highest BCUT2D eigenvalue weighted by molar-refractivity contribution is 9.10. The summed E-state index contributed by atoms with van der Waals surface area (Å²) in [5.41, 5.74) is -0.0393. The van der Waals surface area contributed by atoms with Crippen LogP contribution in [0.4, 0.5) is 15.8 Å². The second kappa shape index (κ2) is 5.79. The zero-order valence-electron chi connectivity index (χ0n) is 9.97. The van der Waals surface area contributed by atoms with Crippen molar-refractivity contribution in [1.82, 2.24) is 0 Å². The van der Waals surface area contributed by atoms with Crippen molar-refractivity contribution in [1.29, 1.82) is 0 Å². The van der Waals surface area contributed by atoms with Crippen molar-refractivity contribution >= 4 is 33.2 Å². The van der Waals surface area contributed by atoms with Crippen molar-refractivity contribution in [3.8, 4) is 0 Å². The summed E-state index contributed by atoms with van der Waals surface area (Å²) in [6.45, 7) is 0. The summed E-state index contributed by atoms with van der Waals surface area (Å²) in [4.78, 5) is 21.8. The van der Waals surface area contributed by atoms with E-state index in [1.54, 1.807) is 24.3 Å². The van der Waals surface area contributed by atoms with Crippen molar-refractivity contribution in [2.75, 3.05) is 5.32 Å². The van der Waals surface area contributed by atoms with Gasteiger partial charge in [-0.3, -0.25) is 14.9 Å². The lowest BCUT2D eigenvalue weighted by atomic mass is 10.2. The Bertz CT molecular complexity index is 691. The van der Waals surface area contributed by atoms with E-state index in [0.717, 1.165) is 22.7 Å². The number of nitrogens with zero attached hydrogens (tertiary/aromatic N) is 1. The molecule has 0 aliphatic heterocycles. The Kier molecular flexibility index (Phi) is 4.09. The van der Waals surface area contributed by atoms with Gasteiger partial charge in [0.05, 0.1) is 16.7 Å². The molecule has 0 saturated carbocycles. The number of nitro groups is 1. The van der Waals surface area contributed by atoms with E-state index in [1.807, 2.05) is 0 Å². The molecule has 0 heterocycles. The fourth-order valence-electron chi connectivity index (χ4n) is 1.58. The summed E-state index contributed by atoms with van der Waals surface area (Å²) in [5, 5.41) is 13.0. The molecule has 0 atom stereocenters. The topological polar surface area (TPSA) is 72.2 Å². The summed E-state index contributed by atoms with van der Waals surface area (Å²) >= 11 is 3.23. The molecule has 2 rings (SSSR count). The Morgan fingerprint density at radius 2 is 2.00 bits per heavy atom. The van der Waals surface area contributed by atoms with Gasteiger partial charge in [0, 0.05) is 16.1 Å². The van der Waals surface area contributed by atoms with Crippen molar-refractivity contribution in [2.24, 2.45) is 0 Å². The van der Waals surface area contributed by atoms with E-state index in [2.05, 4.69) is 21.2 Å². The number of anilines is 1. The molecule has 5 nitrogen and oxygen atoms in total. The predicted octanol–water partition coefficient (Wildman–Crippen LogP) is 3.75. The second-order valence-electron chi connectivity index (χ2n) is 3.92. The second-order valence-corrected chi connectivity index (χ2v) is 4.84. The number of carbonyl (C=O) groups excluding carboxylic acids is 1. The monoisotopic (exact) mass is 338 g/mol. The van der Waals surface area contributed by atoms with Gasteiger partial charge in [0.1, 0.15) is 5.82 Å². The molecule has 0 bridgehead atoms. The highest BCUT2D eigenvalue weighted by atomic mass is 79.9. The molecule has 0 spiro atoms. The first-order valence-electron chi connectivity index (χ1n) is 5.47. The quantitative estimate of drug-likeness (QED) is 0.684. The molecular weight excluding hydrogens is 331 g/mol. The van der Waals surface area contributed by atoms with Crippen LogP contribution in [0.3, 0.4) is 0 Å². The number of carbonyl (C=O) groups is 1. The molecule has 0 radical (unpaired) electrons. The van der Waals surface area contributed by atoms with E-state index in [4.69, 9.17) is 0 Å². The maximum absolute atomic E-state index is 13.2. The van der Waals surface area contributed by atoms with E-state index in [9.17, 15) is 19.3 Å². The minimum Gasteiger partial charge on any atom is -0.322 e. The Morgan fingerprint density at radius 1 is 1.25 bits per heavy atom. The number of hydrogen-bond acceptors (Lipinski definition) is 3.